The standard InChI is InChI=1S/C12H13N7S/c1-6-2-3-8(20-6)15-4-7-5-16-11-9(17-7)10(13)18-12(14)19-11/h2-3,5,15H,4H2,1H3,(H4,13,14,16,18,19). The van der Waals surface area contributed by atoms with Crippen LogP contribution in [0.4, 0.5) is 16.8 Å². The van der Waals surface area contributed by atoms with Crippen molar-refractivity contribution in [2.75, 3.05) is 16.8 Å². The Hall–Kier alpha value is -2.48. The van der Waals surface area contributed by atoms with Crippen LogP contribution in [0.5, 0.6) is 0 Å². The summed E-state index contributed by atoms with van der Waals surface area (Å²) in [6.07, 6.45) is 1.65. The van der Waals surface area contributed by atoms with Crippen LogP contribution in [-0.4, -0.2) is 19.9 Å². The van der Waals surface area contributed by atoms with E-state index in [0.717, 1.165) is 10.7 Å². The molecular formula is C12H13N7S. The SMILES string of the molecule is Cc1ccc(NCc2cnc3nc(N)nc(N)c3n2)s1. The second-order valence-corrected chi connectivity index (χ2v) is 5.55. The number of thiophene rings is 1. The highest BCUT2D eigenvalue weighted by Gasteiger charge is 2.07. The minimum Gasteiger partial charge on any atom is -0.382 e. The summed E-state index contributed by atoms with van der Waals surface area (Å²) in [7, 11) is 0. The first-order valence-corrected chi connectivity index (χ1v) is 6.78. The molecule has 0 saturated heterocycles. The van der Waals surface area contributed by atoms with Crippen LogP contribution >= 0.6 is 11.3 Å². The molecule has 0 aliphatic carbocycles. The van der Waals surface area contributed by atoms with Crippen LogP contribution in [0.2, 0.25) is 0 Å². The van der Waals surface area contributed by atoms with Crippen molar-refractivity contribution in [3.8, 4) is 0 Å². The number of nitrogens with two attached hydrogens (primary N) is 2. The molecule has 0 aliphatic rings. The summed E-state index contributed by atoms with van der Waals surface area (Å²) in [5.41, 5.74) is 13.0. The van der Waals surface area contributed by atoms with Crippen LogP contribution in [-0.2, 0) is 6.54 Å². The van der Waals surface area contributed by atoms with Gasteiger partial charge in [-0.2, -0.15) is 9.97 Å². The summed E-state index contributed by atoms with van der Waals surface area (Å²) in [6, 6.07) is 4.10. The number of hydrogen-bond donors (Lipinski definition) is 3. The largest absolute Gasteiger partial charge is 0.382 e. The van der Waals surface area contributed by atoms with Crippen molar-refractivity contribution in [1.29, 1.82) is 0 Å². The van der Waals surface area contributed by atoms with E-state index in [4.69, 9.17) is 11.5 Å². The number of fused-ring (bicyclic) bond motifs is 1. The third kappa shape index (κ3) is 2.45. The first-order chi connectivity index (χ1) is 9.61. The minimum atomic E-state index is 0.101. The van der Waals surface area contributed by atoms with Crippen molar-refractivity contribution < 1.29 is 0 Å². The molecule has 3 rings (SSSR count). The number of aromatic nitrogens is 4. The molecule has 0 amide bonds. The van der Waals surface area contributed by atoms with Gasteiger partial charge in [-0.15, -0.1) is 11.3 Å². The number of anilines is 3. The van der Waals surface area contributed by atoms with Gasteiger partial charge in [-0.1, -0.05) is 0 Å². The highest BCUT2D eigenvalue weighted by Crippen LogP contribution is 2.21. The van der Waals surface area contributed by atoms with E-state index in [1.807, 2.05) is 6.07 Å². The normalized spacial score (nSPS) is 10.8. The van der Waals surface area contributed by atoms with Gasteiger partial charge in [0, 0.05) is 4.88 Å². The van der Waals surface area contributed by atoms with Crippen molar-refractivity contribution in [1.82, 2.24) is 19.9 Å². The molecule has 8 heteroatoms. The van der Waals surface area contributed by atoms with Crippen molar-refractivity contribution in [2.24, 2.45) is 0 Å². The van der Waals surface area contributed by atoms with Crippen LogP contribution < -0.4 is 16.8 Å². The van der Waals surface area contributed by atoms with Gasteiger partial charge in [0.2, 0.25) is 5.95 Å². The average Bonchev–Trinajstić information content (AvgIpc) is 2.82. The summed E-state index contributed by atoms with van der Waals surface area (Å²) in [4.78, 5) is 17.8. The molecule has 0 unspecified atom stereocenters. The molecule has 0 spiro atoms. The molecule has 0 fully saturated rings. The highest BCUT2D eigenvalue weighted by molar-refractivity contribution is 7.16. The molecule has 3 aromatic rings. The van der Waals surface area contributed by atoms with Gasteiger partial charge in [0.1, 0.15) is 0 Å². The molecule has 0 radical (unpaired) electrons. The number of nitrogens with one attached hydrogen (secondary N) is 1. The maximum absolute atomic E-state index is 5.78. The molecule has 0 atom stereocenters. The maximum Gasteiger partial charge on any atom is 0.224 e. The average molecular weight is 287 g/mol. The molecule has 0 saturated carbocycles. The smallest absolute Gasteiger partial charge is 0.224 e. The van der Waals surface area contributed by atoms with E-state index < -0.39 is 0 Å². The third-order valence-electron chi connectivity index (χ3n) is 2.69. The molecule has 5 N–H and O–H groups in total. The first-order valence-electron chi connectivity index (χ1n) is 5.97. The van der Waals surface area contributed by atoms with E-state index in [1.165, 1.54) is 4.88 Å². The zero-order valence-corrected chi connectivity index (χ0v) is 11.6. The topological polar surface area (TPSA) is 116 Å². The Bertz CT molecular complexity index is 768. The molecule has 102 valence electrons. The predicted octanol–water partition coefficient (Wildman–Crippen LogP) is 1.57. The Kier molecular flexibility index (Phi) is 3.07. The van der Waals surface area contributed by atoms with Gasteiger partial charge in [0.25, 0.3) is 0 Å². The Morgan fingerprint density at radius 3 is 2.80 bits per heavy atom. The number of nitrogen functional groups attached to an aromatic ring is 2. The Morgan fingerprint density at radius 1 is 1.20 bits per heavy atom. The fraction of sp³-hybridized carbons (Fsp3) is 0.167. The van der Waals surface area contributed by atoms with Gasteiger partial charge >= 0.3 is 0 Å². The summed E-state index contributed by atoms with van der Waals surface area (Å²) in [5.74, 6) is 0.345. The van der Waals surface area contributed by atoms with Crippen molar-refractivity contribution in [3.63, 3.8) is 0 Å². The lowest BCUT2D eigenvalue weighted by Crippen LogP contribution is -2.06. The maximum atomic E-state index is 5.78. The van der Waals surface area contributed by atoms with E-state index in [1.54, 1.807) is 17.5 Å². The Morgan fingerprint density at radius 2 is 2.05 bits per heavy atom. The van der Waals surface area contributed by atoms with Gasteiger partial charge in [-0.05, 0) is 19.1 Å². The Labute approximate surface area is 119 Å². The summed E-state index contributed by atoms with van der Waals surface area (Å²) in [6.45, 7) is 2.63. The lowest BCUT2D eigenvalue weighted by atomic mass is 10.4. The number of nitrogens with zero attached hydrogens (tertiary/aromatic N) is 4. The summed E-state index contributed by atoms with van der Waals surface area (Å²) in [5, 5.41) is 4.38. The van der Waals surface area contributed by atoms with E-state index in [9.17, 15) is 0 Å². The lowest BCUT2D eigenvalue weighted by molar-refractivity contribution is 1.03. The van der Waals surface area contributed by atoms with Crippen molar-refractivity contribution in [3.05, 3.63) is 28.9 Å². The van der Waals surface area contributed by atoms with Crippen LogP contribution in [0.1, 0.15) is 10.6 Å². The Balaban J connectivity index is 1.85. The van der Waals surface area contributed by atoms with Crippen LogP contribution in [0.25, 0.3) is 11.2 Å². The molecule has 3 heterocycles. The fourth-order valence-corrected chi connectivity index (χ4v) is 2.54. The van der Waals surface area contributed by atoms with Crippen molar-refractivity contribution >= 4 is 39.3 Å². The van der Waals surface area contributed by atoms with Crippen molar-refractivity contribution in [2.45, 2.75) is 13.5 Å². The molecule has 0 bridgehead atoms. The van der Waals surface area contributed by atoms with Gasteiger partial charge in [-0.3, -0.25) is 0 Å². The van der Waals surface area contributed by atoms with Crippen LogP contribution in [0, 0.1) is 6.92 Å². The van der Waals surface area contributed by atoms with E-state index in [2.05, 4.69) is 38.2 Å². The molecule has 20 heavy (non-hydrogen) atoms. The van der Waals surface area contributed by atoms with Crippen LogP contribution in [0.3, 0.4) is 0 Å². The number of rotatable bonds is 3. The summed E-state index contributed by atoms with van der Waals surface area (Å²) < 4.78 is 0. The number of aryl methyl sites for hydroxylation is 1. The van der Waals surface area contributed by atoms with E-state index in [-0.39, 0.29) is 11.8 Å². The van der Waals surface area contributed by atoms with Gasteiger partial charge in [-0.25, -0.2) is 9.97 Å². The molecule has 0 aromatic carbocycles. The third-order valence-corrected chi connectivity index (χ3v) is 3.64. The van der Waals surface area contributed by atoms with Gasteiger partial charge < -0.3 is 16.8 Å². The molecular weight excluding hydrogens is 274 g/mol. The first kappa shape index (κ1) is 12.5. The fourth-order valence-electron chi connectivity index (χ4n) is 1.78. The quantitative estimate of drug-likeness (QED) is 0.669. The number of hydrogen-bond acceptors (Lipinski definition) is 8. The second kappa shape index (κ2) is 4.89. The zero-order chi connectivity index (χ0) is 14.1. The molecule has 3 aromatic heterocycles. The monoisotopic (exact) mass is 287 g/mol. The van der Waals surface area contributed by atoms with E-state index in [0.29, 0.717) is 17.7 Å². The van der Waals surface area contributed by atoms with Crippen LogP contribution in [0.15, 0.2) is 18.3 Å². The van der Waals surface area contributed by atoms with Gasteiger partial charge in [0.15, 0.2) is 17.0 Å². The minimum absolute atomic E-state index is 0.101. The molecule has 0 aliphatic heterocycles. The van der Waals surface area contributed by atoms with Gasteiger partial charge in [0.05, 0.1) is 23.4 Å². The predicted molar refractivity (Wildman–Crippen MR) is 80.3 cm³/mol. The molecule has 7 nitrogen and oxygen atoms in total. The zero-order valence-electron chi connectivity index (χ0n) is 10.8. The second-order valence-electron chi connectivity index (χ2n) is 4.26. The highest BCUT2D eigenvalue weighted by atomic mass is 32.1. The van der Waals surface area contributed by atoms with E-state index >= 15 is 0 Å². The lowest BCUT2D eigenvalue weighted by Gasteiger charge is -2.05. The summed E-state index contributed by atoms with van der Waals surface area (Å²) >= 11 is 1.69.